The summed E-state index contributed by atoms with van der Waals surface area (Å²) < 4.78 is 23.8. The normalized spacial score (nSPS) is 20.7. The molecule has 2 aliphatic rings. The number of piperazine rings is 1. The number of carbonyl (C=O) groups is 1. The molecule has 1 aromatic rings. The second-order valence-corrected chi connectivity index (χ2v) is 7.56. The van der Waals surface area contributed by atoms with Gasteiger partial charge in [-0.05, 0) is 24.0 Å². The first-order chi connectivity index (χ1) is 10.3. The smallest absolute Gasteiger partial charge is 0.277 e. The van der Waals surface area contributed by atoms with Crippen LogP contribution >= 0.6 is 12.4 Å². The van der Waals surface area contributed by atoms with E-state index in [2.05, 4.69) is 0 Å². The van der Waals surface area contributed by atoms with Crippen LogP contribution in [0.25, 0.3) is 0 Å². The third kappa shape index (κ3) is 3.51. The lowest BCUT2D eigenvalue weighted by molar-refractivity contribution is -0.137. The molecule has 0 radical (unpaired) electrons. The van der Waals surface area contributed by atoms with Crippen molar-refractivity contribution in [3.63, 3.8) is 0 Å². The highest BCUT2D eigenvalue weighted by Gasteiger charge is 2.43. The van der Waals surface area contributed by atoms with Crippen LogP contribution in [0.15, 0.2) is 24.3 Å². The lowest BCUT2D eigenvalue weighted by Gasteiger charge is -2.37. The average Bonchev–Trinajstić information content (AvgIpc) is 2.83. The van der Waals surface area contributed by atoms with Gasteiger partial charge in [-0.25, -0.2) is 5.14 Å². The third-order valence-electron chi connectivity index (χ3n) is 4.44. The van der Waals surface area contributed by atoms with Gasteiger partial charge in [-0.15, -0.1) is 12.4 Å². The molecule has 0 aromatic heterocycles. The van der Waals surface area contributed by atoms with Crippen LogP contribution in [-0.4, -0.2) is 55.2 Å². The first-order valence-electron chi connectivity index (χ1n) is 7.22. The molecule has 1 aliphatic carbocycles. The van der Waals surface area contributed by atoms with Crippen molar-refractivity contribution < 1.29 is 13.2 Å². The maximum Gasteiger partial charge on any atom is 0.277 e. The molecule has 128 valence electrons. The minimum atomic E-state index is -3.69. The van der Waals surface area contributed by atoms with Gasteiger partial charge in [0.05, 0.1) is 0 Å². The maximum absolute atomic E-state index is 12.7. The Morgan fingerprint density at radius 2 is 1.52 bits per heavy atom. The molecule has 1 aliphatic heterocycles. The van der Waals surface area contributed by atoms with Gasteiger partial charge in [0, 0.05) is 26.2 Å². The van der Waals surface area contributed by atoms with Gasteiger partial charge in [0.15, 0.2) is 0 Å². The highest BCUT2D eigenvalue weighted by molar-refractivity contribution is 7.86. The molecular weight excluding hydrogens is 340 g/mol. The quantitative estimate of drug-likeness (QED) is 0.723. The Morgan fingerprint density at radius 1 is 1.04 bits per heavy atom. The second-order valence-electron chi connectivity index (χ2n) is 6.01. The number of carbonyl (C=O) groups excluding carboxylic acids is 1. The monoisotopic (exact) mass is 360 g/mol. The van der Waals surface area contributed by atoms with E-state index in [0.29, 0.717) is 25.9 Å². The first-order valence-corrected chi connectivity index (χ1v) is 8.73. The molecule has 3 rings (SSSR count). The highest BCUT2D eigenvalue weighted by Crippen LogP contribution is 2.30. The first kappa shape index (κ1) is 18.2. The van der Waals surface area contributed by atoms with Crippen LogP contribution in [-0.2, 0) is 27.8 Å². The molecule has 4 N–H and O–H groups in total. The topological polar surface area (TPSA) is 110 Å². The van der Waals surface area contributed by atoms with Crippen LogP contribution in [0.5, 0.6) is 0 Å². The number of halogens is 1. The average molecular weight is 361 g/mol. The lowest BCUT2D eigenvalue weighted by atomic mass is 9.95. The predicted molar refractivity (Wildman–Crippen MR) is 89.3 cm³/mol. The number of hydrogen-bond donors (Lipinski definition) is 2. The van der Waals surface area contributed by atoms with E-state index >= 15 is 0 Å². The van der Waals surface area contributed by atoms with Gasteiger partial charge in [0.25, 0.3) is 10.2 Å². The minimum absolute atomic E-state index is 0. The number of rotatable bonds is 2. The van der Waals surface area contributed by atoms with Gasteiger partial charge in [0.2, 0.25) is 5.91 Å². The molecule has 23 heavy (non-hydrogen) atoms. The van der Waals surface area contributed by atoms with E-state index in [1.54, 1.807) is 4.90 Å². The number of fused-ring (bicyclic) bond motifs is 1. The van der Waals surface area contributed by atoms with Crippen LogP contribution < -0.4 is 10.9 Å². The highest BCUT2D eigenvalue weighted by atomic mass is 35.5. The second kappa shape index (κ2) is 6.37. The van der Waals surface area contributed by atoms with E-state index in [1.807, 2.05) is 24.3 Å². The number of hydrogen-bond acceptors (Lipinski definition) is 4. The molecule has 9 heteroatoms. The predicted octanol–water partition coefficient (Wildman–Crippen LogP) is -0.748. The maximum atomic E-state index is 12.7. The van der Waals surface area contributed by atoms with Crippen LogP contribution in [0, 0.1) is 0 Å². The van der Waals surface area contributed by atoms with Crippen molar-refractivity contribution in [2.45, 2.75) is 18.4 Å². The Hall–Kier alpha value is -1.19. The molecule has 1 amide bonds. The number of amides is 1. The lowest BCUT2D eigenvalue weighted by Crippen LogP contribution is -2.61. The van der Waals surface area contributed by atoms with E-state index in [-0.39, 0.29) is 31.4 Å². The zero-order valence-corrected chi connectivity index (χ0v) is 14.3. The van der Waals surface area contributed by atoms with E-state index < -0.39 is 15.7 Å². The van der Waals surface area contributed by atoms with Crippen LogP contribution in [0.1, 0.15) is 11.1 Å². The molecule has 1 heterocycles. The molecule has 0 bridgehead atoms. The zero-order valence-electron chi connectivity index (χ0n) is 12.6. The summed E-state index contributed by atoms with van der Waals surface area (Å²) in [6.07, 6.45) is 1.05. The molecule has 7 nitrogen and oxygen atoms in total. The Balaban J connectivity index is 0.00000192. The standard InChI is InChI=1S/C14H20N4O3S.ClH/c15-14(9-11-3-1-2-4-12(11)10-14)13(19)17-5-7-18(8-6-17)22(16,20)21;/h1-4H,5-10,15H2,(H2,16,20,21);1H. The minimum Gasteiger partial charge on any atom is -0.338 e. The van der Waals surface area contributed by atoms with Crippen molar-refractivity contribution in [2.75, 3.05) is 26.2 Å². The molecule has 1 saturated heterocycles. The summed E-state index contributed by atoms with van der Waals surface area (Å²) in [5, 5.41) is 5.11. The fraction of sp³-hybridized carbons (Fsp3) is 0.500. The van der Waals surface area contributed by atoms with E-state index in [1.165, 1.54) is 4.31 Å². The zero-order chi connectivity index (χ0) is 16.0. The molecule has 0 unspecified atom stereocenters. The van der Waals surface area contributed by atoms with Crippen molar-refractivity contribution in [1.82, 2.24) is 9.21 Å². The van der Waals surface area contributed by atoms with Gasteiger partial charge in [-0.1, -0.05) is 24.3 Å². The summed E-state index contributed by atoms with van der Waals surface area (Å²) >= 11 is 0. The van der Waals surface area contributed by atoms with E-state index in [9.17, 15) is 13.2 Å². The Bertz CT molecular complexity index is 677. The Labute approximate surface area is 142 Å². The SMILES string of the molecule is Cl.NC1(C(=O)N2CCN(S(N)(=O)=O)CC2)Cc2ccccc2C1. The summed E-state index contributed by atoms with van der Waals surface area (Å²) in [4.78, 5) is 14.4. The number of nitrogens with two attached hydrogens (primary N) is 2. The van der Waals surface area contributed by atoms with Crippen molar-refractivity contribution >= 4 is 28.5 Å². The van der Waals surface area contributed by atoms with Gasteiger partial charge >= 0.3 is 0 Å². The summed E-state index contributed by atoms with van der Waals surface area (Å²) in [7, 11) is -3.69. The van der Waals surface area contributed by atoms with E-state index in [0.717, 1.165) is 11.1 Å². The Kier molecular flexibility index (Phi) is 5.03. The Morgan fingerprint density at radius 3 is 1.96 bits per heavy atom. The summed E-state index contributed by atoms with van der Waals surface area (Å²) in [5.74, 6) is -0.113. The van der Waals surface area contributed by atoms with E-state index in [4.69, 9.17) is 10.9 Å². The fourth-order valence-electron chi connectivity index (χ4n) is 3.26. The molecule has 0 saturated carbocycles. The van der Waals surface area contributed by atoms with Gasteiger partial charge in [0.1, 0.15) is 5.54 Å². The van der Waals surface area contributed by atoms with Gasteiger partial charge in [-0.3, -0.25) is 4.79 Å². The van der Waals surface area contributed by atoms with Crippen LogP contribution in [0.3, 0.4) is 0 Å². The summed E-state index contributed by atoms with van der Waals surface area (Å²) in [5.41, 5.74) is 7.66. The van der Waals surface area contributed by atoms with Crippen molar-refractivity contribution in [3.05, 3.63) is 35.4 Å². The van der Waals surface area contributed by atoms with Crippen molar-refractivity contribution in [3.8, 4) is 0 Å². The molecule has 0 atom stereocenters. The fourth-order valence-corrected chi connectivity index (χ4v) is 3.93. The van der Waals surface area contributed by atoms with Crippen molar-refractivity contribution in [2.24, 2.45) is 10.9 Å². The summed E-state index contributed by atoms with van der Waals surface area (Å²) in [6, 6.07) is 7.88. The van der Waals surface area contributed by atoms with Crippen molar-refractivity contribution in [1.29, 1.82) is 0 Å². The molecular formula is C14H21ClN4O3S. The molecule has 1 aromatic carbocycles. The number of benzene rings is 1. The molecule has 0 spiro atoms. The van der Waals surface area contributed by atoms with Gasteiger partial charge < -0.3 is 10.6 Å². The van der Waals surface area contributed by atoms with Gasteiger partial charge in [-0.2, -0.15) is 12.7 Å². The largest absolute Gasteiger partial charge is 0.338 e. The number of nitrogens with zero attached hydrogens (tertiary/aromatic N) is 2. The van der Waals surface area contributed by atoms with Crippen LogP contribution in [0.2, 0.25) is 0 Å². The summed E-state index contributed by atoms with van der Waals surface area (Å²) in [6.45, 7) is 1.08. The third-order valence-corrected chi connectivity index (χ3v) is 5.53. The van der Waals surface area contributed by atoms with Crippen LogP contribution in [0.4, 0.5) is 0 Å². The molecule has 1 fully saturated rings.